The van der Waals surface area contributed by atoms with Crippen molar-refractivity contribution in [1.82, 2.24) is 5.32 Å². The first-order valence-corrected chi connectivity index (χ1v) is 9.69. The van der Waals surface area contributed by atoms with Crippen LogP contribution in [0.15, 0.2) is 54.6 Å². The molecule has 0 radical (unpaired) electrons. The normalized spacial score (nSPS) is 11.6. The third kappa shape index (κ3) is 7.41. The molecule has 154 valence electrons. The van der Waals surface area contributed by atoms with Crippen molar-refractivity contribution in [3.63, 3.8) is 0 Å². The SMILES string of the molecule is CCC(=O)c1ccc(OCC(=O)NC(CC(=O)OC(C)C)c2ccccc2)cc1. The van der Waals surface area contributed by atoms with Crippen LogP contribution in [0.5, 0.6) is 5.75 Å². The van der Waals surface area contributed by atoms with E-state index in [4.69, 9.17) is 9.47 Å². The highest BCUT2D eigenvalue weighted by atomic mass is 16.5. The van der Waals surface area contributed by atoms with E-state index in [-0.39, 0.29) is 36.8 Å². The van der Waals surface area contributed by atoms with Gasteiger partial charge in [-0.2, -0.15) is 0 Å². The van der Waals surface area contributed by atoms with E-state index in [1.165, 1.54) is 0 Å². The second-order valence-electron chi connectivity index (χ2n) is 6.86. The van der Waals surface area contributed by atoms with E-state index in [0.717, 1.165) is 5.56 Å². The van der Waals surface area contributed by atoms with Crippen molar-refractivity contribution in [2.45, 2.75) is 45.8 Å². The fourth-order valence-corrected chi connectivity index (χ4v) is 2.74. The number of nitrogens with one attached hydrogen (secondary N) is 1. The van der Waals surface area contributed by atoms with E-state index < -0.39 is 6.04 Å². The van der Waals surface area contributed by atoms with E-state index >= 15 is 0 Å². The van der Waals surface area contributed by atoms with Crippen molar-refractivity contribution in [2.75, 3.05) is 6.61 Å². The number of Topliss-reactive ketones (excluding diaryl/α,β-unsaturated/α-hetero) is 1. The topological polar surface area (TPSA) is 81.7 Å². The summed E-state index contributed by atoms with van der Waals surface area (Å²) in [6, 6.07) is 15.4. The summed E-state index contributed by atoms with van der Waals surface area (Å²) in [7, 11) is 0. The Labute approximate surface area is 171 Å². The van der Waals surface area contributed by atoms with Crippen LogP contribution >= 0.6 is 0 Å². The summed E-state index contributed by atoms with van der Waals surface area (Å²) >= 11 is 0. The zero-order valence-corrected chi connectivity index (χ0v) is 17.0. The van der Waals surface area contributed by atoms with E-state index in [9.17, 15) is 14.4 Å². The monoisotopic (exact) mass is 397 g/mol. The minimum absolute atomic E-state index is 0.0295. The maximum absolute atomic E-state index is 12.4. The first kappa shape index (κ1) is 22.1. The molecule has 0 aromatic heterocycles. The number of carbonyl (C=O) groups excluding carboxylic acids is 3. The fraction of sp³-hybridized carbons (Fsp3) is 0.348. The highest BCUT2D eigenvalue weighted by molar-refractivity contribution is 5.95. The first-order valence-electron chi connectivity index (χ1n) is 9.69. The quantitative estimate of drug-likeness (QED) is 0.486. The number of rotatable bonds is 10. The lowest BCUT2D eigenvalue weighted by molar-refractivity contribution is -0.148. The Balaban J connectivity index is 1.96. The van der Waals surface area contributed by atoms with Crippen LogP contribution in [0.1, 0.15) is 55.6 Å². The summed E-state index contributed by atoms with van der Waals surface area (Å²) in [6.45, 7) is 5.16. The molecule has 0 aliphatic heterocycles. The maximum Gasteiger partial charge on any atom is 0.308 e. The molecule has 6 heteroatoms. The van der Waals surface area contributed by atoms with Gasteiger partial charge in [0.05, 0.1) is 18.6 Å². The molecule has 0 saturated carbocycles. The Morgan fingerprint density at radius 3 is 2.21 bits per heavy atom. The van der Waals surface area contributed by atoms with Gasteiger partial charge < -0.3 is 14.8 Å². The molecule has 2 aromatic carbocycles. The summed E-state index contributed by atoms with van der Waals surface area (Å²) in [5.41, 5.74) is 1.42. The Kier molecular flexibility index (Phi) is 8.40. The van der Waals surface area contributed by atoms with Gasteiger partial charge in [0, 0.05) is 12.0 Å². The zero-order valence-electron chi connectivity index (χ0n) is 17.0. The number of hydrogen-bond acceptors (Lipinski definition) is 5. The van der Waals surface area contributed by atoms with E-state index in [0.29, 0.717) is 17.7 Å². The van der Waals surface area contributed by atoms with Crippen molar-refractivity contribution in [1.29, 1.82) is 0 Å². The van der Waals surface area contributed by atoms with Crippen LogP contribution in [0.25, 0.3) is 0 Å². The number of benzene rings is 2. The van der Waals surface area contributed by atoms with Gasteiger partial charge in [-0.15, -0.1) is 0 Å². The number of ether oxygens (including phenoxy) is 2. The average molecular weight is 397 g/mol. The van der Waals surface area contributed by atoms with Crippen LogP contribution in [0.4, 0.5) is 0 Å². The Bertz CT molecular complexity index is 815. The molecule has 0 saturated heterocycles. The molecule has 0 bridgehead atoms. The van der Waals surface area contributed by atoms with Gasteiger partial charge in [0.25, 0.3) is 5.91 Å². The average Bonchev–Trinajstić information content (AvgIpc) is 2.71. The summed E-state index contributed by atoms with van der Waals surface area (Å²) in [4.78, 5) is 36.1. The molecule has 1 amide bonds. The Morgan fingerprint density at radius 2 is 1.62 bits per heavy atom. The number of amides is 1. The van der Waals surface area contributed by atoms with Gasteiger partial charge in [0.2, 0.25) is 0 Å². The fourth-order valence-electron chi connectivity index (χ4n) is 2.74. The molecular weight excluding hydrogens is 370 g/mol. The number of hydrogen-bond donors (Lipinski definition) is 1. The Hall–Kier alpha value is -3.15. The largest absolute Gasteiger partial charge is 0.484 e. The molecule has 29 heavy (non-hydrogen) atoms. The predicted octanol–water partition coefficient (Wildman–Crippen LogP) is 3.86. The lowest BCUT2D eigenvalue weighted by atomic mass is 10.0. The van der Waals surface area contributed by atoms with Gasteiger partial charge >= 0.3 is 5.97 Å². The summed E-state index contributed by atoms with van der Waals surface area (Å²) < 4.78 is 10.7. The van der Waals surface area contributed by atoms with Crippen LogP contribution in [-0.4, -0.2) is 30.4 Å². The van der Waals surface area contributed by atoms with Gasteiger partial charge in [0.1, 0.15) is 5.75 Å². The molecule has 1 N–H and O–H groups in total. The number of ketones is 1. The lowest BCUT2D eigenvalue weighted by Gasteiger charge is -2.19. The van der Waals surface area contributed by atoms with Crippen molar-refractivity contribution >= 4 is 17.7 Å². The first-order chi connectivity index (χ1) is 13.9. The molecule has 1 unspecified atom stereocenters. The molecule has 1 atom stereocenters. The smallest absolute Gasteiger partial charge is 0.308 e. The highest BCUT2D eigenvalue weighted by Crippen LogP contribution is 2.18. The zero-order chi connectivity index (χ0) is 21.2. The molecule has 0 aliphatic rings. The van der Waals surface area contributed by atoms with E-state index in [1.54, 1.807) is 45.0 Å². The Morgan fingerprint density at radius 1 is 0.966 bits per heavy atom. The number of carbonyl (C=O) groups is 3. The van der Waals surface area contributed by atoms with Gasteiger partial charge in [-0.05, 0) is 43.7 Å². The van der Waals surface area contributed by atoms with Gasteiger partial charge in [0.15, 0.2) is 12.4 Å². The van der Waals surface area contributed by atoms with Crippen LogP contribution < -0.4 is 10.1 Å². The van der Waals surface area contributed by atoms with Crippen LogP contribution in [0, 0.1) is 0 Å². The third-order valence-electron chi connectivity index (χ3n) is 4.14. The summed E-state index contributed by atoms with van der Waals surface area (Å²) in [6.07, 6.45) is 0.241. The molecule has 0 spiro atoms. The second kappa shape index (κ2) is 11.0. The summed E-state index contributed by atoms with van der Waals surface area (Å²) in [5, 5.41) is 2.83. The molecule has 0 fully saturated rings. The van der Waals surface area contributed by atoms with Crippen molar-refractivity contribution < 1.29 is 23.9 Å². The second-order valence-corrected chi connectivity index (χ2v) is 6.86. The van der Waals surface area contributed by atoms with Crippen LogP contribution in [0.2, 0.25) is 0 Å². The van der Waals surface area contributed by atoms with Gasteiger partial charge in [-0.3, -0.25) is 14.4 Å². The predicted molar refractivity (Wildman–Crippen MR) is 110 cm³/mol. The minimum atomic E-state index is -0.511. The molecule has 6 nitrogen and oxygen atoms in total. The molecule has 0 heterocycles. The highest BCUT2D eigenvalue weighted by Gasteiger charge is 2.20. The van der Waals surface area contributed by atoms with Gasteiger partial charge in [-0.25, -0.2) is 0 Å². The van der Waals surface area contributed by atoms with Crippen LogP contribution in [-0.2, 0) is 14.3 Å². The van der Waals surface area contributed by atoms with E-state index in [1.807, 2.05) is 30.3 Å². The molecular formula is C23H27NO5. The standard InChI is InChI=1S/C23H27NO5/c1-4-21(25)18-10-12-19(13-11-18)28-15-22(26)24-20(14-23(27)29-16(2)3)17-8-6-5-7-9-17/h5-13,16,20H,4,14-15H2,1-3H3,(H,24,26). The van der Waals surface area contributed by atoms with Crippen molar-refractivity contribution in [3.8, 4) is 5.75 Å². The molecule has 0 aliphatic carbocycles. The third-order valence-corrected chi connectivity index (χ3v) is 4.14. The van der Waals surface area contributed by atoms with E-state index in [2.05, 4.69) is 5.32 Å². The lowest BCUT2D eigenvalue weighted by Crippen LogP contribution is -2.34. The maximum atomic E-state index is 12.4. The number of esters is 1. The summed E-state index contributed by atoms with van der Waals surface area (Å²) in [5.74, 6) is -0.201. The molecule has 2 rings (SSSR count). The molecule has 2 aromatic rings. The minimum Gasteiger partial charge on any atom is -0.484 e. The van der Waals surface area contributed by atoms with Gasteiger partial charge in [-0.1, -0.05) is 37.3 Å². The van der Waals surface area contributed by atoms with Crippen LogP contribution in [0.3, 0.4) is 0 Å². The van der Waals surface area contributed by atoms with Crippen molar-refractivity contribution in [2.24, 2.45) is 0 Å². The van der Waals surface area contributed by atoms with Crippen molar-refractivity contribution in [3.05, 3.63) is 65.7 Å².